The fourth-order valence-electron chi connectivity index (χ4n) is 2.45. The van der Waals surface area contributed by atoms with Crippen LogP contribution in [0.4, 0.5) is 0 Å². The third kappa shape index (κ3) is 2.87. The number of pyridine rings is 1. The van der Waals surface area contributed by atoms with Gasteiger partial charge in [0.25, 0.3) is 11.9 Å². The van der Waals surface area contributed by atoms with E-state index in [-0.39, 0.29) is 17.9 Å². The summed E-state index contributed by atoms with van der Waals surface area (Å²) in [6.45, 7) is 4.17. The molecule has 0 N–H and O–H groups in total. The number of ketones is 2. The number of hydrogen-bond acceptors (Lipinski definition) is 6. The van der Waals surface area contributed by atoms with Crippen LogP contribution in [0.5, 0.6) is 5.75 Å². The molecule has 0 saturated carbocycles. The number of para-hydroxylation sites is 1. The highest BCUT2D eigenvalue weighted by atomic mass is 16.6. The van der Waals surface area contributed by atoms with Gasteiger partial charge in [-0.05, 0) is 24.5 Å². The van der Waals surface area contributed by atoms with Crippen molar-refractivity contribution in [1.82, 2.24) is 4.98 Å². The van der Waals surface area contributed by atoms with Crippen LogP contribution in [0.1, 0.15) is 30.6 Å². The Morgan fingerprint density at radius 1 is 1.29 bits per heavy atom. The van der Waals surface area contributed by atoms with Crippen LogP contribution in [-0.2, 0) is 14.3 Å². The van der Waals surface area contributed by atoms with Gasteiger partial charge in [0.2, 0.25) is 5.78 Å². The summed E-state index contributed by atoms with van der Waals surface area (Å²) >= 11 is 0. The van der Waals surface area contributed by atoms with Crippen molar-refractivity contribution < 1.29 is 23.9 Å². The molecule has 3 rings (SSSR count). The van der Waals surface area contributed by atoms with Crippen LogP contribution in [-0.4, -0.2) is 35.2 Å². The molecule has 0 saturated heterocycles. The standard InChI is InChI=1S/C18H17NO5/c1-10(2)7-8-23-18(22)17-15(21)14(20)12-9-19-13-6-4-3-5-11(13)16(12)24-17/h3-6,9-10,17H,7-8H2,1-2H3. The Morgan fingerprint density at radius 2 is 2.04 bits per heavy atom. The Balaban J connectivity index is 1.91. The van der Waals surface area contributed by atoms with Crippen molar-refractivity contribution in [2.24, 2.45) is 5.92 Å². The van der Waals surface area contributed by atoms with Crippen molar-refractivity contribution in [1.29, 1.82) is 0 Å². The quantitative estimate of drug-likeness (QED) is 0.487. The van der Waals surface area contributed by atoms with E-state index in [1.165, 1.54) is 6.20 Å². The normalized spacial score (nSPS) is 16.9. The molecule has 0 spiro atoms. The summed E-state index contributed by atoms with van der Waals surface area (Å²) in [5.41, 5.74) is 0.690. The number of esters is 1. The lowest BCUT2D eigenvalue weighted by molar-refractivity contribution is -0.155. The largest absolute Gasteiger partial charge is 0.469 e. The Morgan fingerprint density at radius 3 is 2.79 bits per heavy atom. The van der Waals surface area contributed by atoms with E-state index in [9.17, 15) is 14.4 Å². The number of ether oxygens (including phenoxy) is 2. The Labute approximate surface area is 138 Å². The number of benzene rings is 1. The van der Waals surface area contributed by atoms with Crippen LogP contribution in [0.25, 0.3) is 10.9 Å². The molecule has 1 unspecified atom stereocenters. The third-order valence-electron chi connectivity index (χ3n) is 3.82. The lowest BCUT2D eigenvalue weighted by Crippen LogP contribution is -2.45. The van der Waals surface area contributed by atoms with Crippen LogP contribution >= 0.6 is 0 Å². The van der Waals surface area contributed by atoms with Gasteiger partial charge in [0.05, 0.1) is 17.7 Å². The summed E-state index contributed by atoms with van der Waals surface area (Å²) in [5.74, 6) is -1.97. The van der Waals surface area contributed by atoms with Gasteiger partial charge in [-0.1, -0.05) is 26.0 Å². The number of hydrogen-bond donors (Lipinski definition) is 0. The molecule has 0 amide bonds. The number of carbonyl (C=O) groups excluding carboxylic acids is 3. The molecule has 2 heterocycles. The van der Waals surface area contributed by atoms with E-state index in [1.54, 1.807) is 24.3 Å². The van der Waals surface area contributed by atoms with E-state index in [2.05, 4.69) is 4.98 Å². The lowest BCUT2D eigenvalue weighted by Gasteiger charge is -2.23. The Kier molecular flexibility index (Phi) is 4.29. The van der Waals surface area contributed by atoms with Crippen molar-refractivity contribution in [2.75, 3.05) is 6.61 Å². The van der Waals surface area contributed by atoms with E-state index in [1.807, 2.05) is 13.8 Å². The molecule has 24 heavy (non-hydrogen) atoms. The first kappa shape index (κ1) is 16.1. The predicted molar refractivity (Wildman–Crippen MR) is 85.9 cm³/mol. The average Bonchev–Trinajstić information content (AvgIpc) is 2.57. The van der Waals surface area contributed by atoms with Crippen molar-refractivity contribution in [3.05, 3.63) is 36.0 Å². The molecule has 0 radical (unpaired) electrons. The van der Waals surface area contributed by atoms with Gasteiger partial charge in [0, 0.05) is 11.6 Å². The first-order valence-electron chi connectivity index (χ1n) is 7.78. The van der Waals surface area contributed by atoms with Crippen LogP contribution in [0.2, 0.25) is 0 Å². The number of fused-ring (bicyclic) bond motifs is 3. The van der Waals surface area contributed by atoms with Crippen LogP contribution in [0, 0.1) is 5.92 Å². The zero-order valence-corrected chi connectivity index (χ0v) is 13.4. The maximum Gasteiger partial charge on any atom is 0.355 e. The molecule has 6 nitrogen and oxygen atoms in total. The zero-order chi connectivity index (χ0) is 17.3. The third-order valence-corrected chi connectivity index (χ3v) is 3.82. The average molecular weight is 327 g/mol. The number of rotatable bonds is 4. The predicted octanol–water partition coefficient (Wildman–Crippen LogP) is 2.34. The monoisotopic (exact) mass is 327 g/mol. The summed E-state index contributed by atoms with van der Waals surface area (Å²) in [6, 6.07) is 7.06. The van der Waals surface area contributed by atoms with Gasteiger partial charge in [-0.3, -0.25) is 14.6 Å². The van der Waals surface area contributed by atoms with Gasteiger partial charge < -0.3 is 9.47 Å². The zero-order valence-electron chi connectivity index (χ0n) is 13.4. The summed E-state index contributed by atoms with van der Waals surface area (Å²) in [7, 11) is 0. The lowest BCUT2D eigenvalue weighted by atomic mass is 9.98. The van der Waals surface area contributed by atoms with Gasteiger partial charge in [0.1, 0.15) is 5.75 Å². The second-order valence-corrected chi connectivity index (χ2v) is 6.06. The van der Waals surface area contributed by atoms with E-state index >= 15 is 0 Å². The highest BCUT2D eigenvalue weighted by Gasteiger charge is 2.42. The minimum absolute atomic E-state index is 0.0740. The SMILES string of the molecule is CC(C)CCOC(=O)C1Oc2c(cnc3ccccc23)C(=O)C1=O. The second kappa shape index (κ2) is 6.39. The van der Waals surface area contributed by atoms with E-state index in [0.29, 0.717) is 23.2 Å². The Bertz CT molecular complexity index is 827. The second-order valence-electron chi connectivity index (χ2n) is 6.06. The van der Waals surface area contributed by atoms with Crippen molar-refractivity contribution in [3.63, 3.8) is 0 Å². The molecule has 124 valence electrons. The molecule has 1 aromatic heterocycles. The summed E-state index contributed by atoms with van der Waals surface area (Å²) in [5, 5.41) is 0.579. The van der Waals surface area contributed by atoms with E-state index < -0.39 is 23.6 Å². The van der Waals surface area contributed by atoms with Gasteiger partial charge in [0.15, 0.2) is 0 Å². The number of Topliss-reactive ketones (excluding diaryl/α,β-unsaturated/α-hetero) is 2. The van der Waals surface area contributed by atoms with Crippen molar-refractivity contribution in [3.8, 4) is 5.75 Å². The molecule has 2 aromatic rings. The van der Waals surface area contributed by atoms with E-state index in [4.69, 9.17) is 9.47 Å². The van der Waals surface area contributed by atoms with Crippen LogP contribution in [0.3, 0.4) is 0 Å². The molecular formula is C18H17NO5. The Hall–Kier alpha value is -2.76. The summed E-state index contributed by atoms with van der Waals surface area (Å²) in [6.07, 6.45) is 0.422. The topological polar surface area (TPSA) is 82.6 Å². The van der Waals surface area contributed by atoms with Crippen LogP contribution < -0.4 is 4.74 Å². The fraction of sp³-hybridized carbons (Fsp3) is 0.333. The highest BCUT2D eigenvalue weighted by molar-refractivity contribution is 6.49. The number of aromatic nitrogens is 1. The molecule has 6 heteroatoms. The van der Waals surface area contributed by atoms with Crippen molar-refractivity contribution in [2.45, 2.75) is 26.4 Å². The minimum Gasteiger partial charge on any atom is -0.469 e. The van der Waals surface area contributed by atoms with Gasteiger partial charge in [-0.2, -0.15) is 0 Å². The van der Waals surface area contributed by atoms with E-state index in [0.717, 1.165) is 0 Å². The molecule has 1 aromatic carbocycles. The fourth-order valence-corrected chi connectivity index (χ4v) is 2.45. The molecule has 1 aliphatic heterocycles. The summed E-state index contributed by atoms with van der Waals surface area (Å²) in [4.78, 5) is 40.7. The molecule has 0 aliphatic carbocycles. The molecule has 1 atom stereocenters. The summed E-state index contributed by atoms with van der Waals surface area (Å²) < 4.78 is 10.6. The molecule has 0 bridgehead atoms. The first-order valence-corrected chi connectivity index (χ1v) is 7.78. The van der Waals surface area contributed by atoms with Crippen LogP contribution in [0.15, 0.2) is 30.5 Å². The smallest absolute Gasteiger partial charge is 0.355 e. The number of nitrogens with zero attached hydrogens (tertiary/aromatic N) is 1. The molecule has 0 fully saturated rings. The maximum atomic E-state index is 12.3. The number of carbonyl (C=O) groups is 3. The first-order chi connectivity index (χ1) is 11.5. The van der Waals surface area contributed by atoms with Crippen molar-refractivity contribution >= 4 is 28.4 Å². The highest BCUT2D eigenvalue weighted by Crippen LogP contribution is 2.33. The van der Waals surface area contributed by atoms with Gasteiger partial charge >= 0.3 is 5.97 Å². The molecular weight excluding hydrogens is 310 g/mol. The van der Waals surface area contributed by atoms with Gasteiger partial charge in [-0.15, -0.1) is 0 Å². The maximum absolute atomic E-state index is 12.3. The van der Waals surface area contributed by atoms with Gasteiger partial charge in [-0.25, -0.2) is 4.79 Å². The minimum atomic E-state index is -1.55. The molecule has 1 aliphatic rings.